The van der Waals surface area contributed by atoms with Gasteiger partial charge in [0.1, 0.15) is 0 Å². The molecule has 0 spiro atoms. The summed E-state index contributed by atoms with van der Waals surface area (Å²) in [6, 6.07) is 6.43. The Balaban J connectivity index is 1.63. The van der Waals surface area contributed by atoms with Crippen molar-refractivity contribution in [1.82, 2.24) is 4.90 Å². The molecule has 2 aromatic rings. The number of thioether (sulfide) groups is 1. The lowest BCUT2D eigenvalue weighted by Gasteiger charge is -2.27. The van der Waals surface area contributed by atoms with Gasteiger partial charge in [-0.15, -0.1) is 23.1 Å². The number of aryl methyl sites for hydroxylation is 2. The standard InChI is InChI=1S/C17H18BrNOS2/c1-11-8-16(12(2)7-14(11)18)22-10-17(20)19-5-3-15-13(9-19)4-6-21-15/h4,6-8H,3,5,9-10H2,1-2H3. The molecule has 0 saturated heterocycles. The number of carbonyl (C=O) groups is 1. The molecule has 1 aliphatic rings. The van der Waals surface area contributed by atoms with Crippen LogP contribution in [0.4, 0.5) is 0 Å². The molecule has 0 radical (unpaired) electrons. The predicted octanol–water partition coefficient (Wildman–Crippen LogP) is 4.80. The second-order valence-electron chi connectivity index (χ2n) is 5.59. The number of hydrogen-bond acceptors (Lipinski definition) is 3. The Morgan fingerprint density at radius 2 is 2.18 bits per heavy atom. The summed E-state index contributed by atoms with van der Waals surface area (Å²) in [5.41, 5.74) is 3.75. The van der Waals surface area contributed by atoms with Crippen molar-refractivity contribution in [3.05, 3.63) is 49.6 Å². The van der Waals surface area contributed by atoms with Crippen LogP contribution < -0.4 is 0 Å². The molecular weight excluding hydrogens is 378 g/mol. The fourth-order valence-electron chi connectivity index (χ4n) is 2.60. The van der Waals surface area contributed by atoms with Gasteiger partial charge in [0, 0.05) is 27.3 Å². The average molecular weight is 396 g/mol. The average Bonchev–Trinajstić information content (AvgIpc) is 2.96. The lowest BCUT2D eigenvalue weighted by atomic mass is 10.1. The third-order valence-corrected chi connectivity index (χ3v) is 6.99. The molecule has 2 heterocycles. The van der Waals surface area contributed by atoms with Gasteiger partial charge in [-0.3, -0.25) is 4.79 Å². The van der Waals surface area contributed by atoms with Gasteiger partial charge < -0.3 is 4.90 Å². The second-order valence-corrected chi connectivity index (χ2v) is 8.46. The molecule has 0 fully saturated rings. The van der Waals surface area contributed by atoms with E-state index in [0.29, 0.717) is 5.75 Å². The molecule has 0 N–H and O–H groups in total. The highest BCUT2D eigenvalue weighted by atomic mass is 79.9. The summed E-state index contributed by atoms with van der Waals surface area (Å²) in [4.78, 5) is 17.1. The van der Waals surface area contributed by atoms with Crippen molar-refractivity contribution in [1.29, 1.82) is 0 Å². The lowest BCUT2D eigenvalue weighted by Crippen LogP contribution is -2.36. The summed E-state index contributed by atoms with van der Waals surface area (Å²) < 4.78 is 1.13. The molecular formula is C17H18BrNOS2. The first kappa shape index (κ1) is 16.1. The summed E-state index contributed by atoms with van der Waals surface area (Å²) in [6.45, 7) is 5.80. The van der Waals surface area contributed by atoms with Crippen LogP contribution in [0.3, 0.4) is 0 Å². The van der Waals surface area contributed by atoms with Crippen LogP contribution >= 0.6 is 39.0 Å². The van der Waals surface area contributed by atoms with Gasteiger partial charge in [-0.1, -0.05) is 15.9 Å². The van der Waals surface area contributed by atoms with Gasteiger partial charge in [0.15, 0.2) is 0 Å². The van der Waals surface area contributed by atoms with Crippen LogP contribution in [-0.2, 0) is 17.8 Å². The van der Waals surface area contributed by atoms with Crippen LogP contribution in [0.15, 0.2) is 32.9 Å². The van der Waals surface area contributed by atoms with Crippen LogP contribution in [0.5, 0.6) is 0 Å². The molecule has 2 nitrogen and oxygen atoms in total. The largest absolute Gasteiger partial charge is 0.337 e. The van der Waals surface area contributed by atoms with E-state index in [9.17, 15) is 4.79 Å². The molecule has 0 unspecified atom stereocenters. The molecule has 1 aliphatic heterocycles. The number of hydrogen-bond donors (Lipinski definition) is 0. The van der Waals surface area contributed by atoms with Gasteiger partial charge in [0.05, 0.1) is 5.75 Å². The van der Waals surface area contributed by atoms with Gasteiger partial charge in [0.25, 0.3) is 0 Å². The van der Waals surface area contributed by atoms with Crippen molar-refractivity contribution >= 4 is 44.9 Å². The fraction of sp³-hybridized carbons (Fsp3) is 0.353. The highest BCUT2D eigenvalue weighted by Crippen LogP contribution is 2.29. The third-order valence-electron chi connectivity index (χ3n) is 3.97. The van der Waals surface area contributed by atoms with E-state index in [-0.39, 0.29) is 5.91 Å². The number of rotatable bonds is 3. The monoisotopic (exact) mass is 395 g/mol. The van der Waals surface area contributed by atoms with Crippen LogP contribution in [0.1, 0.15) is 21.6 Å². The molecule has 22 heavy (non-hydrogen) atoms. The van der Waals surface area contributed by atoms with Crippen molar-refractivity contribution in [3.8, 4) is 0 Å². The van der Waals surface area contributed by atoms with Gasteiger partial charge in [0.2, 0.25) is 5.91 Å². The van der Waals surface area contributed by atoms with E-state index in [4.69, 9.17) is 0 Å². The third kappa shape index (κ3) is 3.42. The minimum absolute atomic E-state index is 0.238. The maximum Gasteiger partial charge on any atom is 0.233 e. The topological polar surface area (TPSA) is 20.3 Å². The number of nitrogens with zero attached hydrogens (tertiary/aromatic N) is 1. The first-order valence-corrected chi connectivity index (χ1v) is 9.93. The number of halogens is 1. The van der Waals surface area contributed by atoms with E-state index in [1.807, 2.05) is 4.90 Å². The van der Waals surface area contributed by atoms with Crippen LogP contribution in [0, 0.1) is 13.8 Å². The van der Waals surface area contributed by atoms with E-state index in [2.05, 4.69) is 53.4 Å². The molecule has 116 valence electrons. The summed E-state index contributed by atoms with van der Waals surface area (Å²) in [7, 11) is 0. The van der Waals surface area contributed by atoms with Gasteiger partial charge in [-0.05, 0) is 60.5 Å². The zero-order chi connectivity index (χ0) is 15.7. The summed E-state index contributed by atoms with van der Waals surface area (Å²) in [5.74, 6) is 0.753. The van der Waals surface area contributed by atoms with Crippen LogP contribution in [0.2, 0.25) is 0 Å². The number of carbonyl (C=O) groups excluding carboxylic acids is 1. The van der Waals surface area contributed by atoms with Crippen molar-refractivity contribution in [2.45, 2.75) is 31.7 Å². The Morgan fingerprint density at radius 3 is 3.00 bits per heavy atom. The number of thiophene rings is 1. The van der Waals surface area contributed by atoms with Crippen molar-refractivity contribution in [2.24, 2.45) is 0 Å². The van der Waals surface area contributed by atoms with E-state index in [1.54, 1.807) is 23.1 Å². The number of fused-ring (bicyclic) bond motifs is 1. The maximum absolute atomic E-state index is 12.5. The van der Waals surface area contributed by atoms with Gasteiger partial charge >= 0.3 is 0 Å². The Hall–Kier alpha value is -0.780. The number of benzene rings is 1. The van der Waals surface area contributed by atoms with Crippen molar-refractivity contribution in [2.75, 3.05) is 12.3 Å². The molecule has 3 rings (SSSR count). The van der Waals surface area contributed by atoms with Crippen molar-refractivity contribution < 1.29 is 4.79 Å². The first-order valence-electron chi connectivity index (χ1n) is 7.27. The molecule has 1 aromatic carbocycles. The minimum atomic E-state index is 0.238. The van der Waals surface area contributed by atoms with Crippen LogP contribution in [0.25, 0.3) is 0 Å². The van der Waals surface area contributed by atoms with E-state index in [1.165, 1.54) is 26.5 Å². The maximum atomic E-state index is 12.5. The van der Waals surface area contributed by atoms with E-state index >= 15 is 0 Å². The normalized spacial score (nSPS) is 14.0. The van der Waals surface area contributed by atoms with Gasteiger partial charge in [-0.25, -0.2) is 0 Å². The quantitative estimate of drug-likeness (QED) is 0.695. The highest BCUT2D eigenvalue weighted by molar-refractivity contribution is 9.10. The molecule has 0 aliphatic carbocycles. The Labute approximate surface area is 148 Å². The Morgan fingerprint density at radius 1 is 1.36 bits per heavy atom. The summed E-state index contributed by atoms with van der Waals surface area (Å²) in [6.07, 6.45) is 1.000. The van der Waals surface area contributed by atoms with Gasteiger partial charge in [-0.2, -0.15) is 0 Å². The molecule has 5 heteroatoms. The predicted molar refractivity (Wildman–Crippen MR) is 97.8 cm³/mol. The SMILES string of the molecule is Cc1cc(SCC(=O)N2CCc3sccc3C2)c(C)cc1Br. The summed E-state index contributed by atoms with van der Waals surface area (Å²) in [5, 5.41) is 2.13. The zero-order valence-electron chi connectivity index (χ0n) is 12.7. The first-order chi connectivity index (χ1) is 10.5. The number of amides is 1. The molecule has 0 bridgehead atoms. The highest BCUT2D eigenvalue weighted by Gasteiger charge is 2.21. The lowest BCUT2D eigenvalue weighted by molar-refractivity contribution is -0.129. The van der Waals surface area contributed by atoms with E-state index < -0.39 is 0 Å². The Kier molecular flexibility index (Phi) is 4.95. The molecule has 1 amide bonds. The Bertz CT molecular complexity index is 711. The summed E-state index contributed by atoms with van der Waals surface area (Å²) >= 11 is 7.00. The molecule has 0 saturated carbocycles. The van der Waals surface area contributed by atoms with E-state index in [0.717, 1.165) is 24.0 Å². The second kappa shape index (κ2) is 6.77. The fourth-order valence-corrected chi connectivity index (χ4v) is 4.96. The molecule has 1 aromatic heterocycles. The minimum Gasteiger partial charge on any atom is -0.337 e. The smallest absolute Gasteiger partial charge is 0.233 e. The molecule has 0 atom stereocenters. The van der Waals surface area contributed by atoms with Crippen molar-refractivity contribution in [3.63, 3.8) is 0 Å². The van der Waals surface area contributed by atoms with Crippen LogP contribution in [-0.4, -0.2) is 23.1 Å². The zero-order valence-corrected chi connectivity index (χ0v) is 15.9.